The smallest absolute Gasteiger partial charge is 0.341 e. The first-order valence-electron chi connectivity index (χ1n) is 7.53. The van der Waals surface area contributed by atoms with Crippen molar-refractivity contribution in [1.82, 2.24) is 5.32 Å². The van der Waals surface area contributed by atoms with Crippen molar-refractivity contribution < 1.29 is 29.3 Å². The van der Waals surface area contributed by atoms with Gasteiger partial charge < -0.3 is 25.0 Å². The first-order chi connectivity index (χ1) is 11.8. The third-order valence-electron chi connectivity index (χ3n) is 3.83. The highest BCUT2D eigenvalue weighted by Gasteiger charge is 2.24. The highest BCUT2D eigenvalue weighted by atomic mass is 127. The topological polar surface area (TPSA) is 105 Å². The van der Waals surface area contributed by atoms with Crippen LogP contribution in [0.5, 0.6) is 11.5 Å². The summed E-state index contributed by atoms with van der Waals surface area (Å²) in [5.41, 5.74) is -0.290. The lowest BCUT2D eigenvalue weighted by Crippen LogP contribution is -2.31. The van der Waals surface area contributed by atoms with Crippen molar-refractivity contribution >= 4 is 34.3 Å². The van der Waals surface area contributed by atoms with Gasteiger partial charge in [-0.1, -0.05) is 6.92 Å². The molecule has 0 aliphatic heterocycles. The van der Waals surface area contributed by atoms with Crippen LogP contribution in [0, 0.1) is 9.49 Å². The number of halogens is 1. The molecule has 0 amide bonds. The zero-order chi connectivity index (χ0) is 19.1. The fraction of sp³-hybridized carbons (Fsp3) is 0.412. The Morgan fingerprint density at radius 2 is 1.84 bits per heavy atom. The van der Waals surface area contributed by atoms with Gasteiger partial charge in [0.05, 0.1) is 23.4 Å². The van der Waals surface area contributed by atoms with Gasteiger partial charge in [-0.2, -0.15) is 0 Å². The third kappa shape index (κ3) is 5.33. The minimum Gasteiger partial charge on any atom is -0.496 e. The Labute approximate surface area is 160 Å². The number of methoxy groups -OCH3 is 2. The van der Waals surface area contributed by atoms with E-state index in [2.05, 4.69) is 5.32 Å². The molecule has 0 spiro atoms. The summed E-state index contributed by atoms with van der Waals surface area (Å²) in [4.78, 5) is 24.2. The van der Waals surface area contributed by atoms with E-state index in [-0.39, 0.29) is 29.9 Å². The Morgan fingerprint density at radius 1 is 1.24 bits per heavy atom. The zero-order valence-electron chi connectivity index (χ0n) is 14.5. The van der Waals surface area contributed by atoms with Crippen LogP contribution < -0.4 is 14.8 Å². The number of carbonyl (C=O) groups excluding carboxylic acids is 1. The molecule has 1 rings (SSSR count). The average Bonchev–Trinajstić information content (AvgIpc) is 2.60. The third-order valence-corrected chi connectivity index (χ3v) is 4.67. The summed E-state index contributed by atoms with van der Waals surface area (Å²) in [6, 6.07) is 2.86. The van der Waals surface area contributed by atoms with Gasteiger partial charge in [-0.25, -0.2) is 4.79 Å². The molecular formula is C17H22INO6. The van der Waals surface area contributed by atoms with Gasteiger partial charge in [-0.3, -0.25) is 4.79 Å². The number of Topliss-reactive ketones (excluding diaryl/α,β-unsaturated/α-hetero) is 1. The lowest BCUT2D eigenvalue weighted by molar-refractivity contribution is -0.132. The SMILES string of the molecule is COc1cc(OC)c(C(=O)C(=CNC(C)C(C)CO)C(=O)O)cc1I. The Balaban J connectivity index is 3.24. The molecule has 0 aliphatic carbocycles. The lowest BCUT2D eigenvalue weighted by Gasteiger charge is -2.18. The number of nitrogens with one attached hydrogen (secondary N) is 1. The maximum absolute atomic E-state index is 12.7. The van der Waals surface area contributed by atoms with Crippen LogP contribution >= 0.6 is 22.6 Å². The largest absolute Gasteiger partial charge is 0.496 e. The standard InChI is InChI=1S/C17H22INO6/c1-9(8-20)10(2)19-7-12(17(22)23)16(21)11-5-13(18)15(25-4)6-14(11)24-3/h5-7,9-10,19-20H,8H2,1-4H3,(H,22,23). The second kappa shape index (κ2) is 9.62. The highest BCUT2D eigenvalue weighted by molar-refractivity contribution is 14.1. The van der Waals surface area contributed by atoms with Gasteiger partial charge in [0.2, 0.25) is 5.78 Å². The summed E-state index contributed by atoms with van der Waals surface area (Å²) >= 11 is 2.00. The number of aliphatic carboxylic acids is 1. The number of aliphatic hydroxyl groups is 1. The van der Waals surface area contributed by atoms with Crippen molar-refractivity contribution in [2.24, 2.45) is 5.92 Å². The molecule has 0 radical (unpaired) electrons. The van der Waals surface area contributed by atoms with Crippen LogP contribution in [0.2, 0.25) is 0 Å². The number of rotatable bonds is 9. The van der Waals surface area contributed by atoms with Gasteiger partial charge in [0.25, 0.3) is 0 Å². The second-order valence-corrected chi connectivity index (χ2v) is 6.66. The van der Waals surface area contributed by atoms with E-state index < -0.39 is 17.3 Å². The highest BCUT2D eigenvalue weighted by Crippen LogP contribution is 2.31. The van der Waals surface area contributed by atoms with Crippen LogP contribution in [0.3, 0.4) is 0 Å². The van der Waals surface area contributed by atoms with Gasteiger partial charge in [0.15, 0.2) is 0 Å². The van der Waals surface area contributed by atoms with Crippen molar-refractivity contribution in [3.05, 3.63) is 33.0 Å². The first kappa shape index (κ1) is 21.2. The number of carboxylic acids is 1. The van der Waals surface area contributed by atoms with E-state index in [0.717, 1.165) is 6.20 Å². The minimum atomic E-state index is -1.35. The molecule has 25 heavy (non-hydrogen) atoms. The molecule has 0 aromatic heterocycles. The van der Waals surface area contributed by atoms with E-state index in [0.29, 0.717) is 9.32 Å². The average molecular weight is 463 g/mol. The number of carboxylic acid groups (broad SMARTS) is 1. The Morgan fingerprint density at radius 3 is 2.32 bits per heavy atom. The van der Waals surface area contributed by atoms with Crippen molar-refractivity contribution in [3.63, 3.8) is 0 Å². The lowest BCUT2D eigenvalue weighted by atomic mass is 10.0. The molecule has 0 bridgehead atoms. The molecule has 0 heterocycles. The Bertz CT molecular complexity index is 673. The van der Waals surface area contributed by atoms with E-state index in [1.54, 1.807) is 13.0 Å². The van der Waals surface area contributed by atoms with Crippen molar-refractivity contribution in [2.75, 3.05) is 20.8 Å². The number of aliphatic hydroxyl groups excluding tert-OH is 1. The molecule has 8 heteroatoms. The van der Waals surface area contributed by atoms with E-state index in [9.17, 15) is 14.7 Å². The number of ether oxygens (including phenoxy) is 2. The van der Waals surface area contributed by atoms with Crippen LogP contribution in [0.15, 0.2) is 23.9 Å². The molecule has 0 saturated heterocycles. The normalized spacial score (nSPS) is 13.8. The second-order valence-electron chi connectivity index (χ2n) is 5.49. The fourth-order valence-corrected chi connectivity index (χ4v) is 2.63. The molecule has 0 fully saturated rings. The van der Waals surface area contributed by atoms with E-state index >= 15 is 0 Å². The fourth-order valence-electron chi connectivity index (χ4n) is 1.94. The quantitative estimate of drug-likeness (QED) is 0.169. The molecule has 2 unspecified atom stereocenters. The molecule has 7 nitrogen and oxygen atoms in total. The van der Waals surface area contributed by atoms with E-state index in [1.807, 2.05) is 29.5 Å². The predicted molar refractivity (Wildman–Crippen MR) is 101 cm³/mol. The monoisotopic (exact) mass is 463 g/mol. The molecule has 1 aromatic carbocycles. The van der Waals surface area contributed by atoms with Gasteiger partial charge in [0.1, 0.15) is 17.1 Å². The van der Waals surface area contributed by atoms with Gasteiger partial charge >= 0.3 is 5.97 Å². The summed E-state index contributed by atoms with van der Waals surface area (Å²) < 4.78 is 11.0. The molecule has 0 saturated carbocycles. The number of ketones is 1. The predicted octanol–water partition coefficient (Wildman–Crippen LogP) is 2.07. The van der Waals surface area contributed by atoms with E-state index in [1.165, 1.54) is 20.3 Å². The van der Waals surface area contributed by atoms with Crippen LogP contribution in [0.25, 0.3) is 0 Å². The molecule has 2 atom stereocenters. The van der Waals surface area contributed by atoms with Gasteiger partial charge in [0, 0.05) is 24.9 Å². The summed E-state index contributed by atoms with van der Waals surface area (Å²) in [7, 11) is 2.89. The molecule has 138 valence electrons. The van der Waals surface area contributed by atoms with Crippen LogP contribution in [-0.4, -0.2) is 48.8 Å². The molecular weight excluding hydrogens is 441 g/mol. The number of hydrogen-bond acceptors (Lipinski definition) is 6. The van der Waals surface area contributed by atoms with Crippen LogP contribution in [0.1, 0.15) is 24.2 Å². The van der Waals surface area contributed by atoms with Crippen LogP contribution in [0.4, 0.5) is 0 Å². The summed E-state index contributed by atoms with van der Waals surface area (Å²) in [5, 5.41) is 21.4. The molecule has 3 N–H and O–H groups in total. The number of hydrogen-bond donors (Lipinski definition) is 3. The first-order valence-corrected chi connectivity index (χ1v) is 8.61. The number of benzene rings is 1. The molecule has 1 aromatic rings. The van der Waals surface area contributed by atoms with Crippen LogP contribution in [-0.2, 0) is 4.79 Å². The summed E-state index contributed by atoms with van der Waals surface area (Å²) in [5.74, 6) is -1.38. The maximum Gasteiger partial charge on any atom is 0.341 e. The number of carbonyl (C=O) groups is 2. The zero-order valence-corrected chi connectivity index (χ0v) is 16.7. The van der Waals surface area contributed by atoms with Gasteiger partial charge in [-0.15, -0.1) is 0 Å². The summed E-state index contributed by atoms with van der Waals surface area (Å²) in [6.07, 6.45) is 1.16. The Hall–Kier alpha value is -1.81. The Kier molecular flexibility index (Phi) is 8.17. The van der Waals surface area contributed by atoms with Gasteiger partial charge in [-0.05, 0) is 41.5 Å². The molecule has 0 aliphatic rings. The summed E-state index contributed by atoms with van der Waals surface area (Å²) in [6.45, 7) is 3.55. The van der Waals surface area contributed by atoms with Crippen molar-refractivity contribution in [2.45, 2.75) is 19.9 Å². The van der Waals surface area contributed by atoms with Crippen molar-refractivity contribution in [3.8, 4) is 11.5 Å². The van der Waals surface area contributed by atoms with E-state index in [4.69, 9.17) is 14.6 Å². The minimum absolute atomic E-state index is 0.0527. The van der Waals surface area contributed by atoms with Crippen molar-refractivity contribution in [1.29, 1.82) is 0 Å². The maximum atomic E-state index is 12.7.